The number of H-pyrrole nitrogens is 1. The van der Waals surface area contributed by atoms with Crippen molar-refractivity contribution in [2.45, 2.75) is 32.6 Å². The number of Topliss-reactive ketones (excluding diaryl/α,β-unsaturated/α-hetero) is 1. The molecule has 2 rings (SSSR count). The molecule has 0 fully saturated rings. The van der Waals surface area contributed by atoms with Gasteiger partial charge in [-0.25, -0.2) is 0 Å². The fourth-order valence-corrected chi connectivity index (χ4v) is 1.50. The monoisotopic (exact) mass is 191 g/mol. The highest BCUT2D eigenvalue weighted by Crippen LogP contribution is 2.33. The number of carbonyl (C=O) groups excluding carboxylic acids is 1. The number of aromatic nitrogens is 2. The predicted octanol–water partition coefficient (Wildman–Crippen LogP) is 2.00. The molecule has 0 atom stereocenters. The molecule has 0 amide bonds. The molecule has 0 unspecified atom stereocenters. The van der Waals surface area contributed by atoms with Gasteiger partial charge < -0.3 is 0 Å². The summed E-state index contributed by atoms with van der Waals surface area (Å²) in [5.74, 6) is 0.0433. The average Bonchev–Trinajstić information content (AvgIpc) is 2.47. The molecule has 0 aliphatic carbocycles. The van der Waals surface area contributed by atoms with Gasteiger partial charge in [-0.05, 0) is 0 Å². The highest BCUT2D eigenvalue weighted by atomic mass is 16.1. The van der Waals surface area contributed by atoms with Gasteiger partial charge in [-0.1, -0.05) is 20.8 Å². The van der Waals surface area contributed by atoms with E-state index in [1.54, 1.807) is 6.21 Å². The van der Waals surface area contributed by atoms with Gasteiger partial charge in [0.25, 0.3) is 0 Å². The summed E-state index contributed by atoms with van der Waals surface area (Å²) in [4.78, 5) is 15.7. The fraction of sp³-hybridized carbons (Fsp3) is 0.500. The lowest BCUT2D eigenvalue weighted by Gasteiger charge is -2.17. The lowest BCUT2D eigenvalue weighted by atomic mass is 9.90. The molecule has 0 radical (unpaired) electrons. The van der Waals surface area contributed by atoms with E-state index in [0.29, 0.717) is 17.8 Å². The Balaban J connectivity index is 2.59. The van der Waals surface area contributed by atoms with Gasteiger partial charge in [-0.2, -0.15) is 5.10 Å². The zero-order valence-corrected chi connectivity index (χ0v) is 8.59. The number of hydrogen-bond donors (Lipinski definition) is 1. The van der Waals surface area contributed by atoms with Gasteiger partial charge in [0.15, 0.2) is 11.5 Å². The minimum absolute atomic E-state index is 0.0433. The summed E-state index contributed by atoms with van der Waals surface area (Å²) in [6, 6.07) is 0. The summed E-state index contributed by atoms with van der Waals surface area (Å²) in [6.45, 7) is 6.19. The Kier molecular flexibility index (Phi) is 1.80. The Labute approximate surface area is 82.4 Å². The number of nitrogens with zero attached hydrogens (tertiary/aromatic N) is 2. The first-order valence-corrected chi connectivity index (χ1v) is 4.64. The van der Waals surface area contributed by atoms with E-state index in [1.165, 1.54) is 0 Å². The molecule has 1 aromatic heterocycles. The summed E-state index contributed by atoms with van der Waals surface area (Å²) < 4.78 is 0. The summed E-state index contributed by atoms with van der Waals surface area (Å²) in [5.41, 5.74) is 2.07. The molecule has 4 heteroatoms. The number of aromatic amines is 1. The lowest BCUT2D eigenvalue weighted by Crippen LogP contribution is -2.12. The van der Waals surface area contributed by atoms with Crippen molar-refractivity contribution in [2.75, 3.05) is 0 Å². The molecule has 0 saturated carbocycles. The molecule has 74 valence electrons. The van der Waals surface area contributed by atoms with E-state index in [4.69, 9.17) is 0 Å². The topological polar surface area (TPSA) is 58.1 Å². The van der Waals surface area contributed by atoms with Crippen LogP contribution in [0.5, 0.6) is 0 Å². The van der Waals surface area contributed by atoms with E-state index in [0.717, 1.165) is 5.69 Å². The molecule has 14 heavy (non-hydrogen) atoms. The molecule has 0 bridgehead atoms. The van der Waals surface area contributed by atoms with Gasteiger partial charge in [0.05, 0.1) is 5.69 Å². The van der Waals surface area contributed by atoms with Crippen molar-refractivity contribution in [3.05, 3.63) is 11.4 Å². The first-order valence-electron chi connectivity index (χ1n) is 4.64. The number of aliphatic imine (C=N–C) groups is 1. The van der Waals surface area contributed by atoms with Crippen LogP contribution in [0.4, 0.5) is 5.69 Å². The molecular weight excluding hydrogens is 178 g/mol. The van der Waals surface area contributed by atoms with Crippen molar-refractivity contribution < 1.29 is 4.79 Å². The summed E-state index contributed by atoms with van der Waals surface area (Å²) >= 11 is 0. The second kappa shape index (κ2) is 2.77. The van der Waals surface area contributed by atoms with Crippen LogP contribution in [0.3, 0.4) is 0 Å². The molecule has 1 N–H and O–H groups in total. The second-order valence-corrected chi connectivity index (χ2v) is 4.48. The van der Waals surface area contributed by atoms with Gasteiger partial charge in [-0.15, -0.1) is 0 Å². The predicted molar refractivity (Wildman–Crippen MR) is 54.4 cm³/mol. The van der Waals surface area contributed by atoms with E-state index < -0.39 is 0 Å². The van der Waals surface area contributed by atoms with Crippen molar-refractivity contribution in [2.24, 2.45) is 4.99 Å². The largest absolute Gasteiger partial charge is 0.292 e. The number of fused-ring (bicyclic) bond motifs is 1. The molecule has 1 aliphatic rings. The molecule has 2 heterocycles. The highest BCUT2D eigenvalue weighted by Gasteiger charge is 2.27. The Morgan fingerprint density at radius 1 is 1.43 bits per heavy atom. The number of rotatable bonds is 0. The Morgan fingerprint density at radius 3 is 2.79 bits per heavy atom. The van der Waals surface area contributed by atoms with Crippen LogP contribution in [0.25, 0.3) is 0 Å². The van der Waals surface area contributed by atoms with Gasteiger partial charge in [0, 0.05) is 18.1 Å². The van der Waals surface area contributed by atoms with Crippen molar-refractivity contribution in [3.8, 4) is 0 Å². The van der Waals surface area contributed by atoms with Gasteiger partial charge >= 0.3 is 0 Å². The number of ketones is 1. The maximum atomic E-state index is 11.5. The van der Waals surface area contributed by atoms with Crippen LogP contribution in [0.15, 0.2) is 4.99 Å². The number of carbonyl (C=O) groups is 1. The van der Waals surface area contributed by atoms with E-state index >= 15 is 0 Å². The third-order valence-electron chi connectivity index (χ3n) is 2.25. The van der Waals surface area contributed by atoms with Gasteiger partial charge in [0.2, 0.25) is 0 Å². The van der Waals surface area contributed by atoms with Crippen molar-refractivity contribution in [1.82, 2.24) is 10.2 Å². The number of nitrogens with one attached hydrogen (secondary N) is 1. The number of hydrogen-bond acceptors (Lipinski definition) is 3. The Morgan fingerprint density at radius 2 is 2.14 bits per heavy atom. The minimum atomic E-state index is -0.0600. The summed E-state index contributed by atoms with van der Waals surface area (Å²) in [5, 5.41) is 6.92. The lowest BCUT2D eigenvalue weighted by molar-refractivity contribution is 0.0996. The summed E-state index contributed by atoms with van der Waals surface area (Å²) in [7, 11) is 0. The van der Waals surface area contributed by atoms with Crippen LogP contribution < -0.4 is 0 Å². The van der Waals surface area contributed by atoms with Crippen molar-refractivity contribution >= 4 is 17.7 Å². The van der Waals surface area contributed by atoms with Crippen LogP contribution >= 0.6 is 0 Å². The fourth-order valence-electron chi connectivity index (χ4n) is 1.50. The van der Waals surface area contributed by atoms with Crippen molar-refractivity contribution in [1.29, 1.82) is 0 Å². The normalized spacial score (nSPS) is 15.8. The molecule has 0 saturated heterocycles. The first-order chi connectivity index (χ1) is 6.50. The summed E-state index contributed by atoms with van der Waals surface area (Å²) in [6.07, 6.45) is 2.01. The molecule has 1 aromatic rings. The van der Waals surface area contributed by atoms with E-state index in [1.807, 2.05) is 0 Å². The van der Waals surface area contributed by atoms with Crippen LogP contribution in [-0.2, 0) is 5.41 Å². The maximum Gasteiger partial charge on any atom is 0.190 e. The van der Waals surface area contributed by atoms with E-state index in [2.05, 4.69) is 36.0 Å². The SMILES string of the molecule is CC(C)(C)c1[nH]nc2c1N=CCC2=O. The maximum absolute atomic E-state index is 11.5. The minimum Gasteiger partial charge on any atom is -0.292 e. The zero-order chi connectivity index (χ0) is 10.3. The quantitative estimate of drug-likeness (QED) is 0.681. The van der Waals surface area contributed by atoms with E-state index in [9.17, 15) is 4.79 Å². The third-order valence-corrected chi connectivity index (χ3v) is 2.25. The molecule has 0 spiro atoms. The molecule has 0 aromatic carbocycles. The Bertz CT molecular complexity index is 409. The molecule has 4 nitrogen and oxygen atoms in total. The smallest absolute Gasteiger partial charge is 0.190 e. The van der Waals surface area contributed by atoms with E-state index in [-0.39, 0.29) is 11.2 Å². The van der Waals surface area contributed by atoms with Crippen LogP contribution in [-0.4, -0.2) is 22.2 Å². The standard InChI is InChI=1S/C10H13N3O/c1-10(2,3)9-8-7(12-13-9)6(14)4-5-11-8/h5H,4H2,1-3H3,(H,12,13). The molecular formula is C10H13N3O. The van der Waals surface area contributed by atoms with Crippen LogP contribution in [0, 0.1) is 0 Å². The van der Waals surface area contributed by atoms with Crippen LogP contribution in [0.1, 0.15) is 43.4 Å². The first kappa shape index (κ1) is 9.12. The highest BCUT2D eigenvalue weighted by molar-refractivity contribution is 6.09. The van der Waals surface area contributed by atoms with Crippen molar-refractivity contribution in [3.63, 3.8) is 0 Å². The second-order valence-electron chi connectivity index (χ2n) is 4.48. The average molecular weight is 191 g/mol. The molecule has 1 aliphatic heterocycles. The third kappa shape index (κ3) is 1.27. The van der Waals surface area contributed by atoms with Gasteiger partial charge in [-0.3, -0.25) is 14.9 Å². The van der Waals surface area contributed by atoms with Crippen LogP contribution in [0.2, 0.25) is 0 Å². The van der Waals surface area contributed by atoms with Gasteiger partial charge in [0.1, 0.15) is 5.69 Å². The Hall–Kier alpha value is -1.45. The zero-order valence-electron chi connectivity index (χ0n) is 8.59.